The standard InChI is InChI=1S/C46H54O8/c1-5-9-11-13-32-15-19-34(20-16-32)36-23-27-38(28-24-36)43(49)53-40(31-41(47)48)42(46(7-3,8-4)45(51)52)54-44(50)39-29-25-37(26-30-39)35-21-17-33(18-22-35)14-12-10-6-2/h15-30,40,42H,5-14,31H2,1-4H3,(H,47,48)(H,51,52)/t40-,42+/m1/s1. The van der Waals surface area contributed by atoms with Crippen molar-refractivity contribution in [3.05, 3.63) is 119 Å². The number of ether oxygens (including phenoxy) is 2. The molecule has 2 atom stereocenters. The van der Waals surface area contributed by atoms with Crippen molar-refractivity contribution >= 4 is 23.9 Å². The smallest absolute Gasteiger partial charge is 0.338 e. The van der Waals surface area contributed by atoms with Crippen LogP contribution in [0, 0.1) is 5.41 Å². The van der Waals surface area contributed by atoms with Crippen molar-refractivity contribution in [3.8, 4) is 22.3 Å². The van der Waals surface area contributed by atoms with Crippen LogP contribution >= 0.6 is 0 Å². The molecule has 0 aliphatic carbocycles. The number of carboxylic acid groups (broad SMARTS) is 2. The number of benzene rings is 4. The van der Waals surface area contributed by atoms with Crippen molar-refractivity contribution in [2.75, 3.05) is 0 Å². The maximum Gasteiger partial charge on any atom is 0.338 e. The quantitative estimate of drug-likeness (QED) is 0.0640. The van der Waals surface area contributed by atoms with Crippen molar-refractivity contribution in [2.24, 2.45) is 5.41 Å². The lowest BCUT2D eigenvalue weighted by atomic mass is 9.74. The van der Waals surface area contributed by atoms with Crippen LogP contribution in [0.1, 0.15) is 117 Å². The molecule has 0 saturated heterocycles. The maximum atomic E-state index is 13.7. The SMILES string of the molecule is CCCCCc1ccc(-c2ccc(C(=O)O[C@H](CC(=O)O)[C@H](OC(=O)c3ccc(-c4ccc(CCCCC)cc4)cc3)C(CC)(CC)C(=O)O)cc2)cc1. The number of carbonyl (C=O) groups is 4. The first-order chi connectivity index (χ1) is 26.0. The van der Waals surface area contributed by atoms with E-state index in [1.807, 2.05) is 24.3 Å². The highest BCUT2D eigenvalue weighted by molar-refractivity contribution is 5.92. The molecule has 0 aliphatic rings. The molecule has 0 bridgehead atoms. The van der Waals surface area contributed by atoms with Crippen molar-refractivity contribution in [1.82, 2.24) is 0 Å². The summed E-state index contributed by atoms with van der Waals surface area (Å²) in [5, 5.41) is 20.4. The number of aliphatic carboxylic acids is 2. The predicted octanol–water partition coefficient (Wildman–Crippen LogP) is 10.6. The van der Waals surface area contributed by atoms with E-state index in [1.165, 1.54) is 24.0 Å². The van der Waals surface area contributed by atoms with E-state index in [9.17, 15) is 29.4 Å². The van der Waals surface area contributed by atoms with Crippen LogP contribution in [0.25, 0.3) is 22.3 Å². The second-order valence-corrected chi connectivity index (χ2v) is 14.0. The second kappa shape index (κ2) is 20.3. The molecule has 8 heteroatoms. The molecule has 0 fully saturated rings. The van der Waals surface area contributed by atoms with Crippen LogP contribution in [0.4, 0.5) is 0 Å². The normalized spacial score (nSPS) is 12.4. The van der Waals surface area contributed by atoms with Gasteiger partial charge in [-0.1, -0.05) is 126 Å². The van der Waals surface area contributed by atoms with E-state index in [0.29, 0.717) is 0 Å². The number of hydrogen-bond donors (Lipinski definition) is 2. The fourth-order valence-corrected chi connectivity index (χ4v) is 6.88. The summed E-state index contributed by atoms with van der Waals surface area (Å²) in [5.41, 5.74) is 4.81. The zero-order valence-corrected chi connectivity index (χ0v) is 32.0. The number of unbranched alkanes of at least 4 members (excludes halogenated alkanes) is 4. The van der Waals surface area contributed by atoms with Gasteiger partial charge >= 0.3 is 23.9 Å². The van der Waals surface area contributed by atoms with E-state index < -0.39 is 47.9 Å². The number of carboxylic acids is 2. The Morgan fingerprint density at radius 2 is 0.907 bits per heavy atom. The first-order valence-corrected chi connectivity index (χ1v) is 19.3. The summed E-state index contributed by atoms with van der Waals surface area (Å²) in [4.78, 5) is 52.2. The van der Waals surface area contributed by atoms with E-state index in [2.05, 4.69) is 38.1 Å². The lowest BCUT2D eigenvalue weighted by Crippen LogP contribution is -2.52. The molecule has 0 spiro atoms. The highest BCUT2D eigenvalue weighted by Gasteiger charge is 2.51. The summed E-state index contributed by atoms with van der Waals surface area (Å²) in [5.74, 6) is -4.33. The Labute approximate surface area is 319 Å². The monoisotopic (exact) mass is 734 g/mol. The fraction of sp³-hybridized carbons (Fsp3) is 0.391. The zero-order valence-electron chi connectivity index (χ0n) is 32.0. The molecule has 4 rings (SSSR count). The Balaban J connectivity index is 1.55. The Hall–Kier alpha value is -5.24. The van der Waals surface area contributed by atoms with Gasteiger partial charge in [0.15, 0.2) is 12.2 Å². The summed E-state index contributed by atoms with van der Waals surface area (Å²) >= 11 is 0. The summed E-state index contributed by atoms with van der Waals surface area (Å²) in [7, 11) is 0. The largest absolute Gasteiger partial charge is 0.481 e. The summed E-state index contributed by atoms with van der Waals surface area (Å²) in [6.07, 6.45) is 5.04. The molecule has 0 aliphatic heterocycles. The van der Waals surface area contributed by atoms with Crippen LogP contribution in [0.2, 0.25) is 0 Å². The van der Waals surface area contributed by atoms with Crippen molar-refractivity contribution in [2.45, 2.75) is 111 Å². The second-order valence-electron chi connectivity index (χ2n) is 14.0. The zero-order chi connectivity index (χ0) is 39.1. The summed E-state index contributed by atoms with van der Waals surface area (Å²) < 4.78 is 11.7. The van der Waals surface area contributed by atoms with Gasteiger partial charge in [-0.3, -0.25) is 9.59 Å². The van der Waals surface area contributed by atoms with Crippen molar-refractivity contribution in [3.63, 3.8) is 0 Å². The average molecular weight is 735 g/mol. The van der Waals surface area contributed by atoms with Crippen LogP contribution in [-0.2, 0) is 31.9 Å². The molecule has 8 nitrogen and oxygen atoms in total. The Kier molecular flexibility index (Phi) is 15.6. The third-order valence-corrected chi connectivity index (χ3v) is 10.4. The van der Waals surface area contributed by atoms with Crippen LogP contribution in [0.5, 0.6) is 0 Å². The Bertz CT molecular complexity index is 1800. The maximum absolute atomic E-state index is 13.7. The van der Waals surface area contributed by atoms with Gasteiger partial charge in [-0.25, -0.2) is 9.59 Å². The molecule has 54 heavy (non-hydrogen) atoms. The summed E-state index contributed by atoms with van der Waals surface area (Å²) in [6, 6.07) is 30.0. The molecule has 4 aromatic carbocycles. The minimum absolute atomic E-state index is 0.0100. The van der Waals surface area contributed by atoms with Crippen LogP contribution in [0.15, 0.2) is 97.1 Å². The average Bonchev–Trinajstić information content (AvgIpc) is 3.18. The molecule has 0 unspecified atom stereocenters. The van der Waals surface area contributed by atoms with Gasteiger partial charge in [0, 0.05) is 0 Å². The van der Waals surface area contributed by atoms with E-state index in [1.54, 1.807) is 62.4 Å². The van der Waals surface area contributed by atoms with E-state index in [0.717, 1.165) is 60.8 Å². The molecule has 4 aromatic rings. The Morgan fingerprint density at radius 3 is 1.24 bits per heavy atom. The number of carbonyl (C=O) groups excluding carboxylic acids is 2. The highest BCUT2D eigenvalue weighted by atomic mass is 16.6. The van der Waals surface area contributed by atoms with Gasteiger partial charge in [0.2, 0.25) is 0 Å². The van der Waals surface area contributed by atoms with E-state index >= 15 is 0 Å². The van der Waals surface area contributed by atoms with Crippen molar-refractivity contribution in [1.29, 1.82) is 0 Å². The number of rotatable bonds is 21. The summed E-state index contributed by atoms with van der Waals surface area (Å²) in [6.45, 7) is 7.60. The minimum Gasteiger partial charge on any atom is -0.481 e. The molecule has 2 N–H and O–H groups in total. The van der Waals surface area contributed by atoms with Crippen LogP contribution < -0.4 is 0 Å². The van der Waals surface area contributed by atoms with Gasteiger partial charge in [-0.15, -0.1) is 0 Å². The van der Waals surface area contributed by atoms with Gasteiger partial charge in [-0.2, -0.15) is 0 Å². The highest BCUT2D eigenvalue weighted by Crippen LogP contribution is 2.38. The van der Waals surface area contributed by atoms with Gasteiger partial charge in [0.25, 0.3) is 0 Å². The van der Waals surface area contributed by atoms with Crippen LogP contribution in [-0.4, -0.2) is 46.3 Å². The number of esters is 2. The number of aryl methyl sites for hydroxylation is 2. The molecular weight excluding hydrogens is 680 g/mol. The molecule has 0 saturated carbocycles. The van der Waals surface area contributed by atoms with Gasteiger partial charge in [-0.05, 0) is 96.2 Å². The lowest BCUT2D eigenvalue weighted by Gasteiger charge is -2.38. The molecular formula is C46H54O8. The number of hydrogen-bond acceptors (Lipinski definition) is 6. The third kappa shape index (κ3) is 10.9. The predicted molar refractivity (Wildman–Crippen MR) is 212 cm³/mol. The molecule has 0 radical (unpaired) electrons. The molecule has 0 aromatic heterocycles. The van der Waals surface area contributed by atoms with Gasteiger partial charge in [0.1, 0.15) is 5.41 Å². The lowest BCUT2D eigenvalue weighted by molar-refractivity contribution is -0.168. The first kappa shape index (κ1) is 41.5. The fourth-order valence-electron chi connectivity index (χ4n) is 6.88. The van der Waals surface area contributed by atoms with Crippen molar-refractivity contribution < 1.29 is 38.9 Å². The first-order valence-electron chi connectivity index (χ1n) is 19.3. The van der Waals surface area contributed by atoms with E-state index in [4.69, 9.17) is 9.47 Å². The van der Waals surface area contributed by atoms with E-state index in [-0.39, 0.29) is 24.0 Å². The molecule has 0 heterocycles. The molecule has 286 valence electrons. The third-order valence-electron chi connectivity index (χ3n) is 10.4. The topological polar surface area (TPSA) is 127 Å². The van der Waals surface area contributed by atoms with Gasteiger partial charge in [0.05, 0.1) is 17.5 Å². The van der Waals surface area contributed by atoms with Crippen LogP contribution in [0.3, 0.4) is 0 Å². The Morgan fingerprint density at radius 1 is 0.537 bits per heavy atom. The molecule has 0 amide bonds. The van der Waals surface area contributed by atoms with Gasteiger partial charge < -0.3 is 19.7 Å². The minimum atomic E-state index is -1.73.